The maximum atomic E-state index is 12.3. The van der Waals surface area contributed by atoms with E-state index < -0.39 is 0 Å². The van der Waals surface area contributed by atoms with Crippen LogP contribution in [0.2, 0.25) is 10.0 Å². The van der Waals surface area contributed by atoms with Crippen LogP contribution in [0.25, 0.3) is 0 Å². The van der Waals surface area contributed by atoms with Crippen molar-refractivity contribution in [3.05, 3.63) is 33.8 Å². The minimum Gasteiger partial charge on any atom is -0.316 e. The van der Waals surface area contributed by atoms with E-state index >= 15 is 0 Å². The zero-order valence-electron chi connectivity index (χ0n) is 9.72. The van der Waals surface area contributed by atoms with Gasteiger partial charge in [0.25, 0.3) is 0 Å². The summed E-state index contributed by atoms with van der Waals surface area (Å²) in [4.78, 5) is 12.3. The molecule has 1 aliphatic rings. The summed E-state index contributed by atoms with van der Waals surface area (Å²) < 4.78 is 0. The molecule has 2 nitrogen and oxygen atoms in total. The molecule has 2 rings (SSSR count). The number of rotatable bonds is 3. The summed E-state index contributed by atoms with van der Waals surface area (Å²) in [7, 11) is 0. The summed E-state index contributed by atoms with van der Waals surface area (Å²) in [5, 5.41) is 4.45. The van der Waals surface area contributed by atoms with Crippen molar-refractivity contribution in [3.63, 3.8) is 0 Å². The average molecular weight is 272 g/mol. The Morgan fingerprint density at radius 1 is 1.47 bits per heavy atom. The van der Waals surface area contributed by atoms with Gasteiger partial charge in [-0.05, 0) is 36.7 Å². The molecule has 1 unspecified atom stereocenters. The van der Waals surface area contributed by atoms with E-state index in [9.17, 15) is 4.79 Å². The minimum atomic E-state index is -0.258. The molecular formula is C13H15Cl2NO. The van der Waals surface area contributed by atoms with Gasteiger partial charge in [0.15, 0.2) is 0 Å². The van der Waals surface area contributed by atoms with Crippen LogP contribution in [0, 0.1) is 5.41 Å². The first-order chi connectivity index (χ1) is 8.01. The van der Waals surface area contributed by atoms with Crippen molar-refractivity contribution in [2.75, 3.05) is 13.1 Å². The molecule has 1 aromatic rings. The molecule has 4 heteroatoms. The highest BCUT2D eigenvalue weighted by Gasteiger charge is 2.35. The Labute approximate surface area is 111 Å². The predicted molar refractivity (Wildman–Crippen MR) is 70.8 cm³/mol. The molecule has 1 saturated heterocycles. The van der Waals surface area contributed by atoms with Crippen LogP contribution in [-0.4, -0.2) is 18.9 Å². The van der Waals surface area contributed by atoms with Gasteiger partial charge in [0.2, 0.25) is 0 Å². The second-order valence-corrected chi connectivity index (χ2v) is 5.67. The van der Waals surface area contributed by atoms with Gasteiger partial charge >= 0.3 is 0 Å². The number of ketones is 1. The molecule has 0 radical (unpaired) electrons. The van der Waals surface area contributed by atoms with Gasteiger partial charge in [-0.3, -0.25) is 4.79 Å². The zero-order chi connectivity index (χ0) is 12.5. The third-order valence-corrected chi connectivity index (χ3v) is 4.00. The lowest BCUT2D eigenvalue weighted by atomic mass is 9.82. The number of Topliss-reactive ketones (excluding diaryl/α,β-unsaturated/α-hetero) is 1. The van der Waals surface area contributed by atoms with E-state index in [-0.39, 0.29) is 11.2 Å². The fourth-order valence-corrected chi connectivity index (χ4v) is 2.50. The van der Waals surface area contributed by atoms with Crippen molar-refractivity contribution in [1.29, 1.82) is 0 Å². The topological polar surface area (TPSA) is 29.1 Å². The molecule has 1 fully saturated rings. The predicted octanol–water partition coefficient (Wildman–Crippen LogP) is 3.10. The molecule has 1 N–H and O–H groups in total. The van der Waals surface area contributed by atoms with Crippen LogP contribution < -0.4 is 5.32 Å². The average Bonchev–Trinajstić information content (AvgIpc) is 2.72. The molecule has 1 aliphatic heterocycles. The zero-order valence-corrected chi connectivity index (χ0v) is 11.2. The molecule has 0 saturated carbocycles. The molecular weight excluding hydrogens is 257 g/mol. The van der Waals surface area contributed by atoms with Crippen LogP contribution in [0.5, 0.6) is 0 Å². The van der Waals surface area contributed by atoms with Gasteiger partial charge in [-0.25, -0.2) is 0 Å². The third-order valence-electron chi connectivity index (χ3n) is 3.40. The van der Waals surface area contributed by atoms with Crippen molar-refractivity contribution in [2.24, 2.45) is 5.41 Å². The number of benzene rings is 1. The summed E-state index contributed by atoms with van der Waals surface area (Å²) in [5.74, 6) is 0.228. The van der Waals surface area contributed by atoms with Crippen molar-refractivity contribution >= 4 is 29.0 Å². The van der Waals surface area contributed by atoms with Gasteiger partial charge < -0.3 is 5.32 Å². The van der Waals surface area contributed by atoms with Crippen LogP contribution in [0.1, 0.15) is 18.9 Å². The maximum absolute atomic E-state index is 12.3. The highest BCUT2D eigenvalue weighted by molar-refractivity contribution is 6.33. The number of hydrogen-bond donors (Lipinski definition) is 1. The van der Waals surface area contributed by atoms with Crippen molar-refractivity contribution < 1.29 is 4.79 Å². The van der Waals surface area contributed by atoms with Gasteiger partial charge in [0.1, 0.15) is 5.78 Å². The van der Waals surface area contributed by atoms with Crippen LogP contribution in [0.15, 0.2) is 18.2 Å². The van der Waals surface area contributed by atoms with E-state index in [1.165, 1.54) is 0 Å². The number of nitrogens with one attached hydrogen (secondary N) is 1. The quantitative estimate of drug-likeness (QED) is 0.916. The molecule has 1 heterocycles. The fraction of sp³-hybridized carbons (Fsp3) is 0.462. The Bertz CT molecular complexity index is 439. The standard InChI is InChI=1S/C13H15Cl2NO/c1-13(4-5-16-8-13)12(17)7-9-6-10(14)2-3-11(9)15/h2-3,6,16H,4-5,7-8H2,1H3. The van der Waals surface area contributed by atoms with Gasteiger partial charge in [-0.15, -0.1) is 0 Å². The summed E-state index contributed by atoms with van der Waals surface area (Å²) in [6, 6.07) is 5.24. The van der Waals surface area contributed by atoms with E-state index in [1.54, 1.807) is 18.2 Å². The first-order valence-electron chi connectivity index (χ1n) is 5.69. The SMILES string of the molecule is CC1(C(=O)Cc2cc(Cl)ccc2Cl)CCNC1. The van der Waals surface area contributed by atoms with Crippen LogP contribution >= 0.6 is 23.2 Å². The van der Waals surface area contributed by atoms with Gasteiger partial charge in [-0.2, -0.15) is 0 Å². The number of carbonyl (C=O) groups is 1. The Morgan fingerprint density at radius 2 is 2.24 bits per heavy atom. The first kappa shape index (κ1) is 12.9. The third kappa shape index (κ3) is 2.82. The molecule has 1 atom stereocenters. The first-order valence-corrected chi connectivity index (χ1v) is 6.45. The van der Waals surface area contributed by atoms with Crippen molar-refractivity contribution in [3.8, 4) is 0 Å². The fourth-order valence-electron chi connectivity index (χ4n) is 2.12. The number of halogens is 2. The lowest BCUT2D eigenvalue weighted by molar-refractivity contribution is -0.126. The molecule has 0 amide bonds. The summed E-state index contributed by atoms with van der Waals surface area (Å²) in [6.45, 7) is 3.67. The lowest BCUT2D eigenvalue weighted by Crippen LogP contribution is -2.31. The van der Waals surface area contributed by atoms with Crippen molar-refractivity contribution in [2.45, 2.75) is 19.8 Å². The van der Waals surface area contributed by atoms with Gasteiger partial charge in [0.05, 0.1) is 0 Å². The number of carbonyl (C=O) groups excluding carboxylic acids is 1. The molecule has 0 aliphatic carbocycles. The van der Waals surface area contributed by atoms with E-state index in [0.717, 1.165) is 25.1 Å². The molecule has 1 aromatic carbocycles. The lowest BCUT2D eigenvalue weighted by Gasteiger charge is -2.21. The van der Waals surface area contributed by atoms with E-state index in [0.29, 0.717) is 16.5 Å². The maximum Gasteiger partial charge on any atom is 0.144 e. The van der Waals surface area contributed by atoms with Gasteiger partial charge in [0, 0.05) is 28.4 Å². The molecule has 17 heavy (non-hydrogen) atoms. The Hall–Kier alpha value is -0.570. The molecule has 92 valence electrons. The van der Waals surface area contributed by atoms with E-state index in [4.69, 9.17) is 23.2 Å². The Kier molecular flexibility index (Phi) is 3.76. The highest BCUT2D eigenvalue weighted by atomic mass is 35.5. The van der Waals surface area contributed by atoms with E-state index in [1.807, 2.05) is 6.92 Å². The molecule has 0 aromatic heterocycles. The largest absolute Gasteiger partial charge is 0.316 e. The van der Waals surface area contributed by atoms with E-state index in [2.05, 4.69) is 5.32 Å². The van der Waals surface area contributed by atoms with Crippen LogP contribution in [-0.2, 0) is 11.2 Å². The molecule has 0 bridgehead atoms. The minimum absolute atomic E-state index is 0.228. The summed E-state index contributed by atoms with van der Waals surface area (Å²) >= 11 is 12.0. The number of hydrogen-bond acceptors (Lipinski definition) is 2. The Balaban J connectivity index is 2.15. The smallest absolute Gasteiger partial charge is 0.144 e. The second kappa shape index (κ2) is 4.97. The van der Waals surface area contributed by atoms with Gasteiger partial charge in [-0.1, -0.05) is 30.1 Å². The normalized spacial score (nSPS) is 23.9. The Morgan fingerprint density at radius 3 is 2.88 bits per heavy atom. The van der Waals surface area contributed by atoms with Crippen LogP contribution in [0.3, 0.4) is 0 Å². The molecule has 0 spiro atoms. The van der Waals surface area contributed by atoms with Crippen molar-refractivity contribution in [1.82, 2.24) is 5.32 Å². The highest BCUT2D eigenvalue weighted by Crippen LogP contribution is 2.29. The van der Waals surface area contributed by atoms with Crippen LogP contribution in [0.4, 0.5) is 0 Å². The second-order valence-electron chi connectivity index (χ2n) is 4.82. The monoisotopic (exact) mass is 271 g/mol. The summed E-state index contributed by atoms with van der Waals surface area (Å²) in [5.41, 5.74) is 0.559. The summed E-state index contributed by atoms with van der Waals surface area (Å²) in [6.07, 6.45) is 1.25.